The van der Waals surface area contributed by atoms with Crippen molar-refractivity contribution in [3.05, 3.63) is 12.7 Å². The molecule has 1 saturated carbocycles. The predicted octanol–water partition coefficient (Wildman–Crippen LogP) is 5.05. The Morgan fingerprint density at radius 1 is 1.40 bits per heavy atom. The van der Waals surface area contributed by atoms with Gasteiger partial charge < -0.3 is 0 Å². The van der Waals surface area contributed by atoms with Crippen molar-refractivity contribution in [2.75, 3.05) is 0 Å². The fourth-order valence-electron chi connectivity index (χ4n) is 2.60. The molecule has 1 aliphatic rings. The van der Waals surface area contributed by atoms with Crippen LogP contribution in [0.15, 0.2) is 12.7 Å². The van der Waals surface area contributed by atoms with Crippen molar-refractivity contribution in [3.8, 4) is 0 Å². The summed E-state index contributed by atoms with van der Waals surface area (Å²) in [6.45, 7) is 13.4. The van der Waals surface area contributed by atoms with Gasteiger partial charge in [-0.15, -0.1) is 6.58 Å². The number of rotatable bonds is 7. The lowest BCUT2D eigenvalue weighted by atomic mass is 9.81. The molecular formula is C15H28. The first kappa shape index (κ1) is 12.8. The highest BCUT2D eigenvalue weighted by molar-refractivity contribution is 4.99. The quantitative estimate of drug-likeness (QED) is 0.513. The maximum atomic E-state index is 3.89. The predicted molar refractivity (Wildman–Crippen MR) is 68.9 cm³/mol. The van der Waals surface area contributed by atoms with Crippen LogP contribution < -0.4 is 0 Å². The number of hydrogen-bond donors (Lipinski definition) is 0. The lowest BCUT2D eigenvalue weighted by molar-refractivity contribution is 0.270. The molecule has 0 nitrogen and oxygen atoms in total. The Kier molecular flexibility index (Phi) is 4.43. The minimum absolute atomic E-state index is 0.553. The third kappa shape index (κ3) is 4.86. The summed E-state index contributed by atoms with van der Waals surface area (Å²) < 4.78 is 0. The van der Waals surface area contributed by atoms with Crippen LogP contribution in [0.2, 0.25) is 0 Å². The molecule has 2 unspecified atom stereocenters. The summed E-state index contributed by atoms with van der Waals surface area (Å²) in [5, 5.41) is 0. The van der Waals surface area contributed by atoms with Crippen LogP contribution >= 0.6 is 0 Å². The summed E-state index contributed by atoms with van der Waals surface area (Å²) in [4.78, 5) is 0. The monoisotopic (exact) mass is 208 g/mol. The van der Waals surface area contributed by atoms with Crippen molar-refractivity contribution in [1.29, 1.82) is 0 Å². The van der Waals surface area contributed by atoms with Crippen LogP contribution in [0.5, 0.6) is 0 Å². The molecule has 88 valence electrons. The Morgan fingerprint density at radius 2 is 2.07 bits per heavy atom. The molecule has 0 heteroatoms. The Labute approximate surface area is 96.2 Å². The van der Waals surface area contributed by atoms with E-state index in [1.165, 1.54) is 32.1 Å². The second kappa shape index (κ2) is 5.18. The van der Waals surface area contributed by atoms with Gasteiger partial charge in [-0.1, -0.05) is 46.6 Å². The second-order valence-corrected chi connectivity index (χ2v) is 6.55. The van der Waals surface area contributed by atoms with E-state index in [1.807, 2.05) is 0 Å². The molecule has 0 radical (unpaired) electrons. The third-order valence-corrected chi connectivity index (χ3v) is 3.73. The lowest BCUT2D eigenvalue weighted by Gasteiger charge is -2.25. The molecule has 1 fully saturated rings. The smallest absolute Gasteiger partial charge is 0.0205 e. The first-order valence-corrected chi connectivity index (χ1v) is 6.57. The van der Waals surface area contributed by atoms with E-state index in [2.05, 4.69) is 40.3 Å². The Bertz CT molecular complexity index is 200. The zero-order valence-corrected chi connectivity index (χ0v) is 11.1. The molecule has 0 spiro atoms. The molecule has 0 aromatic heterocycles. The fraction of sp³-hybridized carbons (Fsp3) is 0.867. The van der Waals surface area contributed by atoms with E-state index in [1.54, 1.807) is 0 Å². The SMILES string of the molecule is C=CC1CC1CC(C)(C)CCCC(C)C. The summed E-state index contributed by atoms with van der Waals surface area (Å²) in [5.74, 6) is 2.66. The van der Waals surface area contributed by atoms with Gasteiger partial charge in [0.05, 0.1) is 0 Å². The zero-order valence-electron chi connectivity index (χ0n) is 11.1. The van der Waals surface area contributed by atoms with E-state index in [4.69, 9.17) is 0 Å². The van der Waals surface area contributed by atoms with Crippen LogP contribution in [0.25, 0.3) is 0 Å². The van der Waals surface area contributed by atoms with Crippen molar-refractivity contribution in [2.45, 2.75) is 59.8 Å². The van der Waals surface area contributed by atoms with E-state index in [9.17, 15) is 0 Å². The van der Waals surface area contributed by atoms with Crippen molar-refractivity contribution in [1.82, 2.24) is 0 Å². The highest BCUT2D eigenvalue weighted by Crippen LogP contribution is 2.48. The maximum absolute atomic E-state index is 3.89. The van der Waals surface area contributed by atoms with Crippen LogP contribution in [-0.4, -0.2) is 0 Å². The summed E-state index contributed by atoms with van der Waals surface area (Å²) in [6, 6.07) is 0. The molecule has 0 amide bonds. The van der Waals surface area contributed by atoms with Gasteiger partial charge in [0.2, 0.25) is 0 Å². The van der Waals surface area contributed by atoms with Gasteiger partial charge in [-0.25, -0.2) is 0 Å². The molecule has 1 rings (SSSR count). The van der Waals surface area contributed by atoms with Gasteiger partial charge in [0.25, 0.3) is 0 Å². The Morgan fingerprint density at radius 3 is 2.53 bits per heavy atom. The normalized spacial score (nSPS) is 25.7. The zero-order chi connectivity index (χ0) is 11.5. The van der Waals surface area contributed by atoms with Crippen molar-refractivity contribution < 1.29 is 0 Å². The molecule has 2 atom stereocenters. The number of allylic oxidation sites excluding steroid dienone is 1. The second-order valence-electron chi connectivity index (χ2n) is 6.55. The van der Waals surface area contributed by atoms with Gasteiger partial charge in [-0.05, 0) is 42.4 Å². The molecule has 0 aromatic carbocycles. The minimum Gasteiger partial charge on any atom is -0.103 e. The summed E-state index contributed by atoms with van der Waals surface area (Å²) >= 11 is 0. The van der Waals surface area contributed by atoms with Gasteiger partial charge in [-0.3, -0.25) is 0 Å². The first-order chi connectivity index (χ1) is 6.94. The average molecular weight is 208 g/mol. The van der Waals surface area contributed by atoms with Crippen LogP contribution in [-0.2, 0) is 0 Å². The van der Waals surface area contributed by atoms with Crippen LogP contribution in [0.1, 0.15) is 59.8 Å². The van der Waals surface area contributed by atoms with E-state index in [0.717, 1.165) is 17.8 Å². The van der Waals surface area contributed by atoms with Crippen LogP contribution in [0.3, 0.4) is 0 Å². The molecule has 15 heavy (non-hydrogen) atoms. The molecule has 0 heterocycles. The van der Waals surface area contributed by atoms with Gasteiger partial charge in [0.15, 0.2) is 0 Å². The van der Waals surface area contributed by atoms with Crippen molar-refractivity contribution >= 4 is 0 Å². The summed E-state index contributed by atoms with van der Waals surface area (Å²) in [6.07, 6.45) is 9.13. The Balaban J connectivity index is 2.17. The molecule has 0 bridgehead atoms. The topological polar surface area (TPSA) is 0 Å². The molecular weight excluding hydrogens is 180 g/mol. The molecule has 1 aliphatic carbocycles. The first-order valence-electron chi connectivity index (χ1n) is 6.57. The van der Waals surface area contributed by atoms with E-state index < -0.39 is 0 Å². The summed E-state index contributed by atoms with van der Waals surface area (Å²) in [5.41, 5.74) is 0.553. The van der Waals surface area contributed by atoms with Crippen molar-refractivity contribution in [2.24, 2.45) is 23.2 Å². The number of hydrogen-bond acceptors (Lipinski definition) is 0. The standard InChI is InChI=1S/C15H28/c1-6-13-10-14(13)11-15(4,5)9-7-8-12(2)3/h6,12-14H,1,7-11H2,2-5H3. The highest BCUT2D eigenvalue weighted by Gasteiger charge is 2.38. The molecule has 0 aliphatic heterocycles. The van der Waals surface area contributed by atoms with Gasteiger partial charge in [-0.2, -0.15) is 0 Å². The lowest BCUT2D eigenvalue weighted by Crippen LogP contribution is -2.13. The van der Waals surface area contributed by atoms with Gasteiger partial charge in [0.1, 0.15) is 0 Å². The third-order valence-electron chi connectivity index (χ3n) is 3.73. The van der Waals surface area contributed by atoms with Crippen LogP contribution in [0, 0.1) is 23.2 Å². The van der Waals surface area contributed by atoms with E-state index >= 15 is 0 Å². The summed E-state index contributed by atoms with van der Waals surface area (Å²) in [7, 11) is 0. The van der Waals surface area contributed by atoms with Crippen LogP contribution in [0.4, 0.5) is 0 Å². The van der Waals surface area contributed by atoms with Crippen molar-refractivity contribution in [3.63, 3.8) is 0 Å². The molecule has 0 saturated heterocycles. The van der Waals surface area contributed by atoms with E-state index in [-0.39, 0.29) is 0 Å². The maximum Gasteiger partial charge on any atom is -0.0205 e. The average Bonchev–Trinajstić information content (AvgIpc) is 2.81. The largest absolute Gasteiger partial charge is 0.103 e. The molecule has 0 N–H and O–H groups in total. The van der Waals surface area contributed by atoms with Gasteiger partial charge >= 0.3 is 0 Å². The van der Waals surface area contributed by atoms with E-state index in [0.29, 0.717) is 5.41 Å². The molecule has 0 aromatic rings. The van der Waals surface area contributed by atoms with Gasteiger partial charge in [0, 0.05) is 0 Å². The fourth-order valence-corrected chi connectivity index (χ4v) is 2.60. The Hall–Kier alpha value is -0.260. The minimum atomic E-state index is 0.553. The highest BCUT2D eigenvalue weighted by atomic mass is 14.4.